The Labute approximate surface area is 83.2 Å². The van der Waals surface area contributed by atoms with Gasteiger partial charge in [0.1, 0.15) is 0 Å². The molecule has 1 aromatic carbocycles. The molecule has 1 aromatic rings. The molecule has 2 unspecified atom stereocenters. The molecule has 0 bridgehead atoms. The summed E-state index contributed by atoms with van der Waals surface area (Å²) in [6.07, 6.45) is 0. The second-order valence-electron chi connectivity index (χ2n) is 2.77. The quantitative estimate of drug-likeness (QED) is 0.474. The van der Waals surface area contributed by atoms with E-state index in [1.165, 1.54) is 24.3 Å². The molecule has 0 radical (unpaired) electrons. The van der Waals surface area contributed by atoms with Gasteiger partial charge in [-0.3, -0.25) is 10.1 Å². The summed E-state index contributed by atoms with van der Waals surface area (Å²) in [5, 5.41) is 9.78. The predicted octanol–water partition coefficient (Wildman–Crippen LogP) is 1.88. The number of non-ortho nitro benzene ring substituents is 1. The van der Waals surface area contributed by atoms with Crippen LogP contribution in [0.3, 0.4) is 0 Å². The molecule has 1 rings (SSSR count). The van der Waals surface area contributed by atoms with Crippen LogP contribution in [0.2, 0.25) is 0 Å². The van der Waals surface area contributed by atoms with Gasteiger partial charge in [0, 0.05) is 12.1 Å². The third kappa shape index (κ3) is 2.36. The topological polar surface area (TPSA) is 80.4 Å². The minimum absolute atomic E-state index is 0.0235. The van der Waals surface area contributed by atoms with Crippen molar-refractivity contribution in [2.24, 2.45) is 0 Å². The van der Waals surface area contributed by atoms with Crippen molar-refractivity contribution in [3.05, 3.63) is 39.9 Å². The third-order valence-electron chi connectivity index (χ3n) is 1.88. The number of nitro groups is 1. The molecular formula is C8H9NO4S. The van der Waals surface area contributed by atoms with Crippen LogP contribution < -0.4 is 0 Å². The van der Waals surface area contributed by atoms with E-state index >= 15 is 0 Å². The standard InChI is InChI=1S/C8H9NO4S/c1-6(14(12)13)7-2-4-8(5-3-7)9(10)11/h2-6H,1H3,(H,12,13). The van der Waals surface area contributed by atoms with Crippen LogP contribution in [-0.2, 0) is 11.1 Å². The van der Waals surface area contributed by atoms with Crippen LogP contribution in [0.4, 0.5) is 5.69 Å². The Bertz CT molecular complexity index is 362. The highest BCUT2D eigenvalue weighted by atomic mass is 32.2. The van der Waals surface area contributed by atoms with Crippen LogP contribution in [0.5, 0.6) is 0 Å². The first-order valence-electron chi connectivity index (χ1n) is 3.86. The molecule has 0 aliphatic carbocycles. The summed E-state index contributed by atoms with van der Waals surface area (Å²) in [4.78, 5) is 9.80. The van der Waals surface area contributed by atoms with Gasteiger partial charge in [-0.25, -0.2) is 4.21 Å². The highest BCUT2D eigenvalue weighted by Crippen LogP contribution is 2.20. The molecule has 6 heteroatoms. The lowest BCUT2D eigenvalue weighted by atomic mass is 10.1. The Hall–Kier alpha value is -1.27. The van der Waals surface area contributed by atoms with Crippen LogP contribution in [-0.4, -0.2) is 13.7 Å². The summed E-state index contributed by atoms with van der Waals surface area (Å²) in [6, 6.07) is 5.60. The Balaban J connectivity index is 2.94. The summed E-state index contributed by atoms with van der Waals surface area (Å²) in [5.41, 5.74) is 0.584. The van der Waals surface area contributed by atoms with Crippen molar-refractivity contribution in [1.29, 1.82) is 0 Å². The first-order valence-corrected chi connectivity index (χ1v) is 5.03. The van der Waals surface area contributed by atoms with Crippen molar-refractivity contribution in [2.75, 3.05) is 0 Å². The van der Waals surface area contributed by atoms with Gasteiger partial charge in [0.2, 0.25) is 0 Å². The van der Waals surface area contributed by atoms with E-state index in [4.69, 9.17) is 4.55 Å². The number of nitro benzene ring substituents is 1. The molecule has 0 heterocycles. The normalized spacial score (nSPS) is 14.7. The van der Waals surface area contributed by atoms with Crippen molar-refractivity contribution < 1.29 is 13.7 Å². The number of nitrogens with zero attached hydrogens (tertiary/aromatic N) is 1. The summed E-state index contributed by atoms with van der Waals surface area (Å²) in [6.45, 7) is 1.58. The summed E-state index contributed by atoms with van der Waals surface area (Å²) in [7, 11) is 0. The van der Waals surface area contributed by atoms with Gasteiger partial charge in [-0.15, -0.1) is 0 Å². The number of benzene rings is 1. The van der Waals surface area contributed by atoms with Crippen LogP contribution in [0.25, 0.3) is 0 Å². The van der Waals surface area contributed by atoms with Crippen LogP contribution in [0.15, 0.2) is 24.3 Å². The fourth-order valence-corrected chi connectivity index (χ4v) is 1.37. The van der Waals surface area contributed by atoms with E-state index in [-0.39, 0.29) is 5.69 Å². The van der Waals surface area contributed by atoms with E-state index in [1.54, 1.807) is 6.92 Å². The van der Waals surface area contributed by atoms with E-state index < -0.39 is 21.3 Å². The van der Waals surface area contributed by atoms with Crippen molar-refractivity contribution in [2.45, 2.75) is 12.2 Å². The highest BCUT2D eigenvalue weighted by molar-refractivity contribution is 7.79. The van der Waals surface area contributed by atoms with Crippen LogP contribution >= 0.6 is 0 Å². The minimum atomic E-state index is -1.95. The zero-order valence-electron chi connectivity index (χ0n) is 7.41. The molecule has 0 aliphatic rings. The molecule has 0 spiro atoms. The van der Waals surface area contributed by atoms with Crippen molar-refractivity contribution in [3.63, 3.8) is 0 Å². The van der Waals surface area contributed by atoms with Gasteiger partial charge in [-0.05, 0) is 12.5 Å². The van der Waals surface area contributed by atoms with Crippen molar-refractivity contribution in [3.8, 4) is 0 Å². The molecule has 0 saturated carbocycles. The highest BCUT2D eigenvalue weighted by Gasteiger charge is 2.12. The van der Waals surface area contributed by atoms with E-state index in [2.05, 4.69) is 0 Å². The molecule has 0 fully saturated rings. The van der Waals surface area contributed by atoms with Crippen LogP contribution in [0.1, 0.15) is 17.7 Å². The average molecular weight is 215 g/mol. The average Bonchev–Trinajstić information content (AvgIpc) is 2.16. The van der Waals surface area contributed by atoms with Crippen molar-refractivity contribution in [1.82, 2.24) is 0 Å². The Kier molecular flexibility index (Phi) is 3.32. The summed E-state index contributed by atoms with van der Waals surface area (Å²) in [5.74, 6) is 0. The van der Waals surface area contributed by atoms with Crippen molar-refractivity contribution >= 4 is 16.8 Å². The molecule has 2 atom stereocenters. The lowest BCUT2D eigenvalue weighted by Gasteiger charge is -2.05. The van der Waals surface area contributed by atoms with Crippen LogP contribution in [0, 0.1) is 10.1 Å². The van der Waals surface area contributed by atoms with E-state index in [0.29, 0.717) is 5.56 Å². The molecule has 0 saturated heterocycles. The smallest absolute Gasteiger partial charge is 0.269 e. The van der Waals surface area contributed by atoms with Gasteiger partial charge in [-0.2, -0.15) is 0 Å². The van der Waals surface area contributed by atoms with Gasteiger partial charge in [0.15, 0.2) is 11.1 Å². The summed E-state index contributed by atoms with van der Waals surface area (Å²) < 4.78 is 19.5. The fourth-order valence-electron chi connectivity index (χ4n) is 0.983. The molecular weight excluding hydrogens is 206 g/mol. The lowest BCUT2D eigenvalue weighted by Crippen LogP contribution is -2.00. The fraction of sp³-hybridized carbons (Fsp3) is 0.250. The first-order chi connectivity index (χ1) is 6.52. The molecule has 1 N–H and O–H groups in total. The third-order valence-corrected chi connectivity index (χ3v) is 2.75. The van der Waals surface area contributed by atoms with Gasteiger partial charge < -0.3 is 4.55 Å². The zero-order chi connectivity index (χ0) is 10.7. The Morgan fingerprint density at radius 1 is 1.43 bits per heavy atom. The molecule has 0 amide bonds. The lowest BCUT2D eigenvalue weighted by molar-refractivity contribution is -0.384. The number of rotatable bonds is 3. The first kappa shape index (κ1) is 10.8. The van der Waals surface area contributed by atoms with Gasteiger partial charge in [0.05, 0.1) is 10.2 Å². The maximum atomic E-state index is 10.7. The molecule has 5 nitrogen and oxygen atoms in total. The van der Waals surface area contributed by atoms with E-state index in [9.17, 15) is 14.3 Å². The second-order valence-corrected chi connectivity index (χ2v) is 4.03. The maximum absolute atomic E-state index is 10.7. The molecule has 0 aliphatic heterocycles. The Morgan fingerprint density at radius 3 is 2.29 bits per heavy atom. The van der Waals surface area contributed by atoms with Gasteiger partial charge in [0.25, 0.3) is 5.69 Å². The minimum Gasteiger partial charge on any atom is -0.306 e. The van der Waals surface area contributed by atoms with Gasteiger partial charge in [-0.1, -0.05) is 12.1 Å². The van der Waals surface area contributed by atoms with E-state index in [0.717, 1.165) is 0 Å². The molecule has 14 heavy (non-hydrogen) atoms. The van der Waals surface area contributed by atoms with E-state index in [1.807, 2.05) is 0 Å². The van der Waals surface area contributed by atoms with Gasteiger partial charge >= 0.3 is 0 Å². The monoisotopic (exact) mass is 215 g/mol. The molecule has 76 valence electrons. The maximum Gasteiger partial charge on any atom is 0.269 e. The Morgan fingerprint density at radius 2 is 1.93 bits per heavy atom. The second kappa shape index (κ2) is 4.30. The molecule has 0 aromatic heterocycles. The SMILES string of the molecule is CC(c1ccc([N+](=O)[O-])cc1)S(=O)O. The summed E-state index contributed by atoms with van der Waals surface area (Å²) >= 11 is -1.95. The largest absolute Gasteiger partial charge is 0.306 e. The zero-order valence-corrected chi connectivity index (χ0v) is 8.23. The number of hydrogen-bond donors (Lipinski definition) is 1. The number of hydrogen-bond acceptors (Lipinski definition) is 3. The predicted molar refractivity (Wildman–Crippen MR) is 52.3 cm³/mol.